The molecule has 3 aromatic rings. The zero-order chi connectivity index (χ0) is 24.1. The third-order valence-corrected chi connectivity index (χ3v) is 6.34. The Bertz CT molecular complexity index is 1180. The molecular weight excluding hydrogens is 473 g/mol. The fourth-order valence-electron chi connectivity index (χ4n) is 3.77. The van der Waals surface area contributed by atoms with Crippen molar-refractivity contribution < 1.29 is 14.3 Å². The predicted octanol–water partition coefficient (Wildman–Crippen LogP) is 5.63. The van der Waals surface area contributed by atoms with Crippen molar-refractivity contribution in [2.24, 2.45) is 5.92 Å². The molecule has 0 spiro atoms. The second-order valence-corrected chi connectivity index (χ2v) is 8.90. The van der Waals surface area contributed by atoms with Crippen LogP contribution in [0.4, 0.5) is 11.4 Å². The fraction of sp³-hybridized carbons (Fsp3) is 0.231. The molecule has 1 aliphatic heterocycles. The van der Waals surface area contributed by atoms with Crippen molar-refractivity contribution in [3.63, 3.8) is 0 Å². The van der Waals surface area contributed by atoms with E-state index in [0.717, 1.165) is 17.7 Å². The van der Waals surface area contributed by atoms with Crippen LogP contribution in [0, 0.1) is 5.92 Å². The van der Waals surface area contributed by atoms with Crippen molar-refractivity contribution in [3.05, 3.63) is 87.9 Å². The number of carbonyl (C=O) groups is 2. The van der Waals surface area contributed by atoms with E-state index in [4.69, 9.17) is 27.9 Å². The van der Waals surface area contributed by atoms with Crippen LogP contribution in [0.15, 0.2) is 66.7 Å². The summed E-state index contributed by atoms with van der Waals surface area (Å²) in [5, 5.41) is 1.08. The normalized spacial score (nSPS) is 15.3. The monoisotopic (exact) mass is 497 g/mol. The van der Waals surface area contributed by atoms with E-state index in [1.807, 2.05) is 36.4 Å². The Morgan fingerprint density at radius 3 is 2.59 bits per heavy atom. The van der Waals surface area contributed by atoms with Crippen molar-refractivity contribution in [3.8, 4) is 5.75 Å². The fourth-order valence-corrected chi connectivity index (χ4v) is 4.23. The average molecular weight is 498 g/mol. The summed E-state index contributed by atoms with van der Waals surface area (Å²) in [6, 6.07) is 20.3. The first kappa shape index (κ1) is 23.9. The van der Waals surface area contributed by atoms with E-state index in [0.29, 0.717) is 28.0 Å². The van der Waals surface area contributed by atoms with Gasteiger partial charge in [0.15, 0.2) is 0 Å². The SMILES string of the molecule is CCc1ccc(N2C[C@@H](C(=O)NNc3ccccc3OCc3ccc(Cl)cc3Cl)CC2=O)cc1. The van der Waals surface area contributed by atoms with Crippen LogP contribution in [0.1, 0.15) is 24.5 Å². The highest BCUT2D eigenvalue weighted by Crippen LogP contribution is 2.28. The van der Waals surface area contributed by atoms with Gasteiger partial charge >= 0.3 is 0 Å². The van der Waals surface area contributed by atoms with Gasteiger partial charge in [-0.15, -0.1) is 0 Å². The Balaban J connectivity index is 1.35. The number of aryl methyl sites for hydroxylation is 1. The van der Waals surface area contributed by atoms with Gasteiger partial charge in [-0.1, -0.05) is 60.5 Å². The van der Waals surface area contributed by atoms with Crippen molar-refractivity contribution >= 4 is 46.4 Å². The number of nitrogens with one attached hydrogen (secondary N) is 2. The quantitative estimate of drug-likeness (QED) is 0.395. The Labute approximate surface area is 208 Å². The Kier molecular flexibility index (Phi) is 7.60. The minimum absolute atomic E-state index is 0.0621. The summed E-state index contributed by atoms with van der Waals surface area (Å²) in [4.78, 5) is 27.0. The van der Waals surface area contributed by atoms with Crippen molar-refractivity contribution in [1.29, 1.82) is 0 Å². The van der Waals surface area contributed by atoms with Gasteiger partial charge in [0.05, 0.1) is 11.6 Å². The summed E-state index contributed by atoms with van der Waals surface area (Å²) in [5.74, 6) is -0.217. The molecule has 0 saturated carbocycles. The smallest absolute Gasteiger partial charge is 0.243 e. The molecule has 1 heterocycles. The maximum Gasteiger partial charge on any atom is 0.243 e. The Morgan fingerprint density at radius 2 is 1.85 bits per heavy atom. The molecule has 0 bridgehead atoms. The molecule has 176 valence electrons. The van der Waals surface area contributed by atoms with Gasteiger partial charge in [-0.05, 0) is 48.4 Å². The first-order valence-corrected chi connectivity index (χ1v) is 11.8. The van der Waals surface area contributed by atoms with E-state index in [1.54, 1.807) is 35.2 Å². The lowest BCUT2D eigenvalue weighted by Gasteiger charge is -2.18. The van der Waals surface area contributed by atoms with Crippen LogP contribution in [-0.4, -0.2) is 18.4 Å². The Hall–Kier alpha value is -3.22. The Morgan fingerprint density at radius 1 is 1.09 bits per heavy atom. The van der Waals surface area contributed by atoms with E-state index in [1.165, 1.54) is 5.56 Å². The summed E-state index contributed by atoms with van der Waals surface area (Å²) in [5.41, 5.74) is 9.04. The molecule has 1 fully saturated rings. The zero-order valence-electron chi connectivity index (χ0n) is 18.7. The van der Waals surface area contributed by atoms with E-state index in [2.05, 4.69) is 17.8 Å². The van der Waals surface area contributed by atoms with E-state index in [9.17, 15) is 9.59 Å². The lowest BCUT2D eigenvalue weighted by Crippen LogP contribution is -2.36. The lowest BCUT2D eigenvalue weighted by atomic mass is 10.1. The van der Waals surface area contributed by atoms with Crippen LogP contribution in [0.25, 0.3) is 0 Å². The first-order valence-electron chi connectivity index (χ1n) is 11.1. The van der Waals surface area contributed by atoms with Crippen LogP contribution in [0.3, 0.4) is 0 Å². The van der Waals surface area contributed by atoms with Gasteiger partial charge in [-0.3, -0.25) is 20.4 Å². The molecule has 2 amide bonds. The highest BCUT2D eigenvalue weighted by atomic mass is 35.5. The molecule has 0 aliphatic carbocycles. The third-order valence-electron chi connectivity index (χ3n) is 5.76. The van der Waals surface area contributed by atoms with Crippen LogP contribution in [-0.2, 0) is 22.6 Å². The van der Waals surface area contributed by atoms with Gasteiger partial charge < -0.3 is 9.64 Å². The van der Waals surface area contributed by atoms with Crippen LogP contribution in [0.2, 0.25) is 10.0 Å². The molecule has 3 aromatic carbocycles. The van der Waals surface area contributed by atoms with E-state index < -0.39 is 5.92 Å². The molecule has 0 radical (unpaired) electrons. The molecule has 0 aromatic heterocycles. The summed E-state index contributed by atoms with van der Waals surface area (Å²) in [6.45, 7) is 2.66. The van der Waals surface area contributed by atoms with Gasteiger partial charge in [0.1, 0.15) is 12.4 Å². The van der Waals surface area contributed by atoms with Crippen LogP contribution < -0.4 is 20.5 Å². The predicted molar refractivity (Wildman–Crippen MR) is 135 cm³/mol. The molecule has 0 unspecified atom stereocenters. The maximum absolute atomic E-state index is 12.8. The van der Waals surface area contributed by atoms with Crippen LogP contribution in [0.5, 0.6) is 5.75 Å². The third kappa shape index (κ3) is 5.64. The highest BCUT2D eigenvalue weighted by Gasteiger charge is 2.35. The number of halogens is 2. The number of hydrazine groups is 1. The minimum Gasteiger partial charge on any atom is -0.487 e. The van der Waals surface area contributed by atoms with Crippen molar-refractivity contribution in [1.82, 2.24) is 5.43 Å². The number of carbonyl (C=O) groups excluding carboxylic acids is 2. The topological polar surface area (TPSA) is 70.7 Å². The van der Waals surface area contributed by atoms with Gasteiger partial charge in [-0.2, -0.15) is 0 Å². The summed E-state index contributed by atoms with van der Waals surface area (Å²) in [7, 11) is 0. The molecular formula is C26H25Cl2N3O3. The molecule has 8 heteroatoms. The lowest BCUT2D eigenvalue weighted by molar-refractivity contribution is -0.125. The molecule has 1 atom stereocenters. The van der Waals surface area contributed by atoms with Crippen LogP contribution >= 0.6 is 23.2 Å². The van der Waals surface area contributed by atoms with Gasteiger partial charge in [-0.25, -0.2) is 0 Å². The summed E-state index contributed by atoms with van der Waals surface area (Å²) < 4.78 is 5.91. The molecule has 34 heavy (non-hydrogen) atoms. The molecule has 1 aliphatic rings. The molecule has 4 rings (SSSR count). The van der Waals surface area contributed by atoms with Crippen molar-refractivity contribution in [2.45, 2.75) is 26.4 Å². The number of nitrogens with zero attached hydrogens (tertiary/aromatic N) is 1. The van der Waals surface area contributed by atoms with Crippen molar-refractivity contribution in [2.75, 3.05) is 16.9 Å². The maximum atomic E-state index is 12.8. The van der Waals surface area contributed by atoms with E-state index >= 15 is 0 Å². The number of ether oxygens (including phenoxy) is 1. The van der Waals surface area contributed by atoms with Gasteiger partial charge in [0.25, 0.3) is 0 Å². The molecule has 1 saturated heterocycles. The standard InChI is InChI=1S/C26H25Cl2N3O3/c1-2-17-7-11-21(12-8-17)31-15-19(13-25(31)32)26(33)30-29-23-5-3-4-6-24(23)34-16-18-9-10-20(27)14-22(18)28/h3-12,14,19,29H,2,13,15-16H2,1H3,(H,30,33)/t19-/m0/s1. The number of hydrogen-bond acceptors (Lipinski definition) is 4. The number of amides is 2. The summed E-state index contributed by atoms with van der Waals surface area (Å²) >= 11 is 12.2. The summed E-state index contributed by atoms with van der Waals surface area (Å²) in [6.07, 6.45) is 1.10. The average Bonchev–Trinajstić information content (AvgIpc) is 3.24. The largest absolute Gasteiger partial charge is 0.487 e. The number of benzene rings is 3. The number of anilines is 2. The number of rotatable bonds is 8. The van der Waals surface area contributed by atoms with Gasteiger partial charge in [0.2, 0.25) is 11.8 Å². The number of hydrogen-bond donors (Lipinski definition) is 2. The highest BCUT2D eigenvalue weighted by molar-refractivity contribution is 6.35. The first-order chi connectivity index (χ1) is 16.4. The molecule has 2 N–H and O–H groups in total. The zero-order valence-corrected chi connectivity index (χ0v) is 20.2. The number of para-hydroxylation sites is 2. The minimum atomic E-state index is -0.452. The van der Waals surface area contributed by atoms with Gasteiger partial charge in [0, 0.05) is 34.3 Å². The second-order valence-electron chi connectivity index (χ2n) is 8.06. The second kappa shape index (κ2) is 10.8. The van der Waals surface area contributed by atoms with E-state index in [-0.39, 0.29) is 24.8 Å². The molecule has 6 nitrogen and oxygen atoms in total.